The zero-order valence-electron chi connectivity index (χ0n) is 22.3. The van der Waals surface area contributed by atoms with Crippen molar-refractivity contribution in [2.45, 2.75) is 51.6 Å². The zero-order chi connectivity index (χ0) is 30.7. The Labute approximate surface area is 235 Å². The lowest BCUT2D eigenvalue weighted by molar-refractivity contribution is -0.274. The maximum absolute atomic E-state index is 13.5. The quantitative estimate of drug-likeness (QED) is 0.106. The Balaban J connectivity index is 1.31. The number of halogens is 6. The van der Waals surface area contributed by atoms with E-state index in [9.17, 15) is 40.7 Å². The molecule has 0 N–H and O–H groups in total. The number of aryl methyl sites for hydroxylation is 1. The van der Waals surface area contributed by atoms with Crippen LogP contribution >= 0.6 is 0 Å². The summed E-state index contributed by atoms with van der Waals surface area (Å²) in [5.41, 5.74) is -1.73. The summed E-state index contributed by atoms with van der Waals surface area (Å²) >= 11 is 0. The Morgan fingerprint density at radius 1 is 0.929 bits per heavy atom. The minimum Gasteiger partial charge on any atom is -0.493 e. The van der Waals surface area contributed by atoms with Gasteiger partial charge in [0.2, 0.25) is 0 Å². The van der Waals surface area contributed by atoms with Gasteiger partial charge in [0.05, 0.1) is 12.2 Å². The van der Waals surface area contributed by atoms with E-state index in [1.807, 2.05) is 6.92 Å². The molecule has 42 heavy (non-hydrogen) atoms. The van der Waals surface area contributed by atoms with E-state index >= 15 is 0 Å². The number of amides is 3. The molecule has 8 nitrogen and oxygen atoms in total. The topological polar surface area (TPSA) is 89.3 Å². The number of benzene rings is 2. The van der Waals surface area contributed by atoms with Gasteiger partial charge < -0.3 is 13.9 Å². The fourth-order valence-corrected chi connectivity index (χ4v) is 4.64. The van der Waals surface area contributed by atoms with Crippen LogP contribution in [0.1, 0.15) is 43.7 Å². The third kappa shape index (κ3) is 7.15. The number of hydrogen-bond acceptors (Lipinski definition) is 6. The molecule has 226 valence electrons. The first-order chi connectivity index (χ1) is 19.8. The number of ether oxygens (including phenoxy) is 2. The summed E-state index contributed by atoms with van der Waals surface area (Å²) in [7, 11) is 0. The highest BCUT2D eigenvalue weighted by Gasteiger charge is 2.37. The first-order valence-electron chi connectivity index (χ1n) is 13.1. The molecular formula is C28H26F6N2O6. The molecule has 2 aromatic carbocycles. The molecule has 3 aromatic rings. The van der Waals surface area contributed by atoms with Gasteiger partial charge in [-0.2, -0.15) is 13.2 Å². The average Bonchev–Trinajstić information content (AvgIpc) is 3.18. The zero-order valence-corrected chi connectivity index (χ0v) is 22.3. The van der Waals surface area contributed by atoms with E-state index in [2.05, 4.69) is 4.74 Å². The summed E-state index contributed by atoms with van der Waals surface area (Å²) in [5, 5.41) is -0.225. The highest BCUT2D eigenvalue weighted by molar-refractivity contribution is 6.12. The molecule has 1 aliphatic rings. The van der Waals surface area contributed by atoms with Gasteiger partial charge in [-0.1, -0.05) is 13.3 Å². The molecule has 3 amide bonds. The van der Waals surface area contributed by atoms with Gasteiger partial charge in [-0.3, -0.25) is 14.6 Å². The first-order valence-corrected chi connectivity index (χ1v) is 13.1. The third-order valence-corrected chi connectivity index (χ3v) is 6.50. The molecule has 4 rings (SSSR count). The first kappa shape index (κ1) is 30.7. The molecule has 0 radical (unpaired) electrons. The van der Waals surface area contributed by atoms with Crippen molar-refractivity contribution in [1.82, 2.24) is 4.90 Å². The Morgan fingerprint density at radius 2 is 1.64 bits per heavy atom. The molecule has 2 heterocycles. The number of rotatable bonds is 11. The number of fused-ring (bicyclic) bond motifs is 1. The Bertz CT molecular complexity index is 1500. The van der Waals surface area contributed by atoms with Gasteiger partial charge >= 0.3 is 24.2 Å². The van der Waals surface area contributed by atoms with Crippen LogP contribution in [0.2, 0.25) is 0 Å². The van der Waals surface area contributed by atoms with Crippen molar-refractivity contribution in [2.75, 3.05) is 24.6 Å². The second-order valence-electron chi connectivity index (χ2n) is 9.51. The smallest absolute Gasteiger partial charge is 0.493 e. The summed E-state index contributed by atoms with van der Waals surface area (Å²) in [6, 6.07) is 7.06. The van der Waals surface area contributed by atoms with Crippen molar-refractivity contribution in [3.8, 4) is 11.5 Å². The molecule has 1 aromatic heterocycles. The van der Waals surface area contributed by atoms with Crippen molar-refractivity contribution in [2.24, 2.45) is 0 Å². The normalized spacial score (nSPS) is 14.3. The van der Waals surface area contributed by atoms with Crippen molar-refractivity contribution in [3.63, 3.8) is 0 Å². The SMILES string of the molecule is CCCc1c(OCCCCCN2C(=O)CN(c3ccc(OC(F)(F)F)cc3)C2=O)ccc2c(C(F)(F)F)cc(=O)oc12. The number of nitrogens with zero attached hydrogens (tertiary/aromatic N) is 2. The number of carbonyl (C=O) groups is 2. The van der Waals surface area contributed by atoms with Crippen LogP contribution in [0.4, 0.5) is 36.8 Å². The number of alkyl halides is 6. The summed E-state index contributed by atoms with van der Waals surface area (Å²) in [6.45, 7) is 1.88. The van der Waals surface area contributed by atoms with Crippen LogP contribution in [0.5, 0.6) is 11.5 Å². The fraction of sp³-hybridized carbons (Fsp3) is 0.393. The predicted molar refractivity (Wildman–Crippen MR) is 138 cm³/mol. The standard InChI is InChI=1S/C28H26F6N2O6/c1-2-6-20-22(12-11-19-21(27(29,30)31)15-24(38)41-25(19)20)40-14-5-3-4-13-35-23(37)16-36(26(35)39)17-7-9-18(10-8-17)42-28(32,33)34/h7-12,15H,2-6,13-14,16H2,1H3. The monoisotopic (exact) mass is 600 g/mol. The number of hydrogen-bond donors (Lipinski definition) is 0. The molecule has 1 saturated heterocycles. The van der Waals surface area contributed by atoms with E-state index in [1.54, 1.807) is 0 Å². The lowest BCUT2D eigenvalue weighted by Gasteiger charge is -2.18. The molecular weight excluding hydrogens is 574 g/mol. The van der Waals surface area contributed by atoms with Crippen LogP contribution < -0.4 is 20.0 Å². The second-order valence-corrected chi connectivity index (χ2v) is 9.51. The average molecular weight is 601 g/mol. The molecule has 1 fully saturated rings. The highest BCUT2D eigenvalue weighted by Crippen LogP contribution is 2.37. The molecule has 0 spiro atoms. The van der Waals surface area contributed by atoms with Gasteiger partial charge in [0.25, 0.3) is 5.91 Å². The van der Waals surface area contributed by atoms with Crippen molar-refractivity contribution >= 4 is 28.6 Å². The van der Waals surface area contributed by atoms with Gasteiger partial charge in [0, 0.05) is 29.2 Å². The largest absolute Gasteiger partial charge is 0.573 e. The van der Waals surface area contributed by atoms with Gasteiger partial charge in [0.1, 0.15) is 23.6 Å². The molecule has 1 aliphatic heterocycles. The van der Waals surface area contributed by atoms with E-state index in [1.165, 1.54) is 24.3 Å². The van der Waals surface area contributed by atoms with E-state index < -0.39 is 41.4 Å². The van der Waals surface area contributed by atoms with E-state index in [0.717, 1.165) is 21.9 Å². The lowest BCUT2D eigenvalue weighted by Crippen LogP contribution is -2.33. The Kier molecular flexibility index (Phi) is 9.02. The minimum absolute atomic E-state index is 0.117. The summed E-state index contributed by atoms with van der Waals surface area (Å²) in [5.74, 6) is -0.601. The van der Waals surface area contributed by atoms with Gasteiger partial charge in [-0.25, -0.2) is 9.59 Å². The van der Waals surface area contributed by atoms with E-state index in [4.69, 9.17) is 9.15 Å². The van der Waals surface area contributed by atoms with E-state index in [-0.39, 0.29) is 36.4 Å². The van der Waals surface area contributed by atoms with Crippen LogP contribution in [0, 0.1) is 0 Å². The van der Waals surface area contributed by atoms with Crippen LogP contribution in [0.3, 0.4) is 0 Å². The maximum Gasteiger partial charge on any atom is 0.573 e. The minimum atomic E-state index is -4.85. The number of anilines is 1. The second kappa shape index (κ2) is 12.3. The Morgan fingerprint density at radius 3 is 2.29 bits per heavy atom. The summed E-state index contributed by atoms with van der Waals surface area (Å²) < 4.78 is 92.3. The third-order valence-electron chi connectivity index (χ3n) is 6.50. The molecule has 14 heteroatoms. The molecule has 0 atom stereocenters. The van der Waals surface area contributed by atoms with Crippen molar-refractivity contribution in [1.29, 1.82) is 0 Å². The molecule has 0 aliphatic carbocycles. The maximum atomic E-state index is 13.5. The molecule has 0 unspecified atom stereocenters. The van der Waals surface area contributed by atoms with Gasteiger partial charge in [-0.05, 0) is 62.1 Å². The highest BCUT2D eigenvalue weighted by atomic mass is 19.4. The van der Waals surface area contributed by atoms with Gasteiger partial charge in [-0.15, -0.1) is 13.2 Å². The van der Waals surface area contributed by atoms with Crippen molar-refractivity contribution < 1.29 is 49.8 Å². The number of urea groups is 1. The summed E-state index contributed by atoms with van der Waals surface area (Å²) in [6.07, 6.45) is -7.21. The fourth-order valence-electron chi connectivity index (χ4n) is 4.64. The number of unbranched alkanes of at least 4 members (excludes halogenated alkanes) is 2. The number of imide groups is 1. The van der Waals surface area contributed by atoms with Crippen molar-refractivity contribution in [3.05, 3.63) is 64.0 Å². The van der Waals surface area contributed by atoms with Gasteiger partial charge in [0.15, 0.2) is 0 Å². The number of carbonyl (C=O) groups excluding carboxylic acids is 2. The van der Waals surface area contributed by atoms with Crippen LogP contribution in [-0.4, -0.2) is 42.9 Å². The Hall–Kier alpha value is -4.23. The predicted octanol–water partition coefficient (Wildman–Crippen LogP) is 6.68. The van der Waals surface area contributed by atoms with Crippen LogP contribution in [0.15, 0.2) is 51.7 Å². The summed E-state index contributed by atoms with van der Waals surface area (Å²) in [4.78, 5) is 39.2. The van der Waals surface area contributed by atoms with E-state index in [0.29, 0.717) is 49.5 Å². The molecule has 0 bridgehead atoms. The van der Waals surface area contributed by atoms with Crippen LogP contribution in [0.25, 0.3) is 11.0 Å². The molecule has 0 saturated carbocycles. The van der Waals surface area contributed by atoms with Crippen LogP contribution in [-0.2, 0) is 17.4 Å². The lowest BCUT2D eigenvalue weighted by atomic mass is 10.0.